The van der Waals surface area contributed by atoms with E-state index in [1.807, 2.05) is 6.92 Å². The molecule has 0 aromatic heterocycles. The van der Waals surface area contributed by atoms with Gasteiger partial charge in [0.25, 0.3) is 10.1 Å². The summed E-state index contributed by atoms with van der Waals surface area (Å²) in [5.41, 5.74) is 0.989. The molecule has 94 valence electrons. The van der Waals surface area contributed by atoms with Crippen molar-refractivity contribution in [2.45, 2.75) is 18.2 Å². The smallest absolute Gasteiger partial charge is 0.266 e. The molecule has 0 aliphatic heterocycles. The molecule has 0 amide bonds. The Kier molecular flexibility index (Phi) is 3.49. The Bertz CT molecular complexity index is 481. The lowest BCUT2D eigenvalue weighted by molar-refractivity contribution is 0.287. The average molecular weight is 258 g/mol. The Morgan fingerprint density at radius 3 is 2.47 bits per heavy atom. The molecule has 0 saturated heterocycles. The molecule has 1 fully saturated rings. The topological polar surface area (TPSA) is 43.4 Å². The lowest BCUT2D eigenvalue weighted by Gasteiger charge is -2.05. The summed E-state index contributed by atoms with van der Waals surface area (Å²) in [6, 6.07) is 6.48. The summed E-state index contributed by atoms with van der Waals surface area (Å²) < 4.78 is 40.6. The predicted octanol–water partition coefficient (Wildman–Crippen LogP) is 2.31. The van der Waals surface area contributed by atoms with Gasteiger partial charge in [-0.15, -0.1) is 0 Å². The van der Waals surface area contributed by atoms with Crippen LogP contribution in [0.3, 0.4) is 0 Å². The maximum absolute atomic E-state index is 12.2. The third-order valence-electron chi connectivity index (χ3n) is 3.01. The van der Waals surface area contributed by atoms with E-state index < -0.39 is 16.8 Å². The summed E-state index contributed by atoms with van der Waals surface area (Å²) in [5, 5.41) is 0. The van der Waals surface area contributed by atoms with Gasteiger partial charge in [0.2, 0.25) is 0 Å². The first-order chi connectivity index (χ1) is 8.03. The molecule has 0 radical (unpaired) electrons. The van der Waals surface area contributed by atoms with Crippen LogP contribution < -0.4 is 0 Å². The van der Waals surface area contributed by atoms with Crippen molar-refractivity contribution in [2.24, 2.45) is 11.8 Å². The molecule has 0 N–H and O–H groups in total. The number of rotatable bonds is 5. The molecule has 1 saturated carbocycles. The van der Waals surface area contributed by atoms with Crippen molar-refractivity contribution < 1.29 is 17.0 Å². The fourth-order valence-corrected chi connectivity index (χ4v) is 2.61. The molecular weight excluding hydrogens is 243 g/mol. The zero-order valence-corrected chi connectivity index (χ0v) is 10.4. The van der Waals surface area contributed by atoms with Crippen LogP contribution in [0.5, 0.6) is 0 Å². The van der Waals surface area contributed by atoms with Gasteiger partial charge in [0.05, 0.1) is 18.2 Å². The van der Waals surface area contributed by atoms with Crippen LogP contribution in [0.4, 0.5) is 4.39 Å². The highest BCUT2D eigenvalue weighted by Crippen LogP contribution is 2.39. The largest absolute Gasteiger partial charge is 0.296 e. The van der Waals surface area contributed by atoms with Crippen molar-refractivity contribution in [3.8, 4) is 0 Å². The van der Waals surface area contributed by atoms with E-state index in [0.717, 1.165) is 12.0 Å². The molecule has 1 aliphatic rings. The Hall–Kier alpha value is -0.940. The van der Waals surface area contributed by atoms with Crippen LogP contribution in [-0.4, -0.2) is 21.7 Å². The number of hydrogen-bond donors (Lipinski definition) is 0. The van der Waals surface area contributed by atoms with Gasteiger partial charge < -0.3 is 0 Å². The zero-order valence-electron chi connectivity index (χ0n) is 9.60. The van der Waals surface area contributed by atoms with Crippen LogP contribution in [0.2, 0.25) is 0 Å². The predicted molar refractivity (Wildman–Crippen MR) is 61.9 cm³/mol. The van der Waals surface area contributed by atoms with E-state index in [4.69, 9.17) is 4.18 Å². The van der Waals surface area contributed by atoms with Gasteiger partial charge >= 0.3 is 0 Å². The number of alkyl halides is 1. The van der Waals surface area contributed by atoms with E-state index in [1.54, 1.807) is 12.1 Å². The van der Waals surface area contributed by atoms with Crippen LogP contribution >= 0.6 is 0 Å². The van der Waals surface area contributed by atoms with Crippen LogP contribution in [0, 0.1) is 18.8 Å². The van der Waals surface area contributed by atoms with Gasteiger partial charge in [-0.2, -0.15) is 8.42 Å². The van der Waals surface area contributed by atoms with Crippen LogP contribution in [-0.2, 0) is 14.3 Å². The first-order valence-electron chi connectivity index (χ1n) is 5.55. The second-order valence-electron chi connectivity index (χ2n) is 4.46. The lowest BCUT2D eigenvalue weighted by Crippen LogP contribution is -2.09. The summed E-state index contributed by atoms with van der Waals surface area (Å²) in [6.45, 7) is 1.58. The standard InChI is InChI=1S/C12H15FO3S/c1-9-2-4-12(5-3-9)17(14,15)16-8-11-6-10(11)7-13/h2-5,10-11H,6-8H2,1H3/t10-,11-/m1/s1. The van der Waals surface area contributed by atoms with Crippen LogP contribution in [0.1, 0.15) is 12.0 Å². The summed E-state index contributed by atoms with van der Waals surface area (Å²) in [4.78, 5) is 0.153. The van der Waals surface area contributed by atoms with Crippen LogP contribution in [0.25, 0.3) is 0 Å². The van der Waals surface area contributed by atoms with Gasteiger partial charge in [-0.3, -0.25) is 8.57 Å². The highest BCUT2D eigenvalue weighted by atomic mass is 32.2. The molecule has 0 bridgehead atoms. The third-order valence-corrected chi connectivity index (χ3v) is 4.31. The van der Waals surface area contributed by atoms with Gasteiger partial charge in [-0.05, 0) is 37.3 Å². The second kappa shape index (κ2) is 4.74. The summed E-state index contributed by atoms with van der Waals surface area (Å²) in [7, 11) is -3.69. The minimum atomic E-state index is -3.69. The number of hydrogen-bond acceptors (Lipinski definition) is 3. The van der Waals surface area contributed by atoms with Gasteiger partial charge in [0.1, 0.15) is 0 Å². The Labute approximate surface area is 101 Å². The summed E-state index contributed by atoms with van der Waals surface area (Å²) in [5.74, 6) is 0.0449. The number of aryl methyl sites for hydroxylation is 1. The maximum atomic E-state index is 12.2. The van der Waals surface area contributed by atoms with Gasteiger partial charge in [0.15, 0.2) is 0 Å². The Morgan fingerprint density at radius 2 is 1.94 bits per heavy atom. The molecule has 0 spiro atoms. The fourth-order valence-electron chi connectivity index (χ4n) is 1.65. The van der Waals surface area contributed by atoms with Crippen molar-refractivity contribution in [3.05, 3.63) is 29.8 Å². The van der Waals surface area contributed by atoms with E-state index in [-0.39, 0.29) is 23.3 Å². The lowest BCUT2D eigenvalue weighted by atomic mass is 10.2. The van der Waals surface area contributed by atoms with Gasteiger partial charge in [-0.1, -0.05) is 17.7 Å². The minimum absolute atomic E-state index is 0.0109. The van der Waals surface area contributed by atoms with E-state index in [1.165, 1.54) is 12.1 Å². The van der Waals surface area contributed by atoms with E-state index in [0.29, 0.717) is 0 Å². The zero-order chi connectivity index (χ0) is 12.5. The molecular formula is C12H15FO3S. The van der Waals surface area contributed by atoms with Crippen LogP contribution in [0.15, 0.2) is 29.2 Å². The van der Waals surface area contributed by atoms with E-state index in [9.17, 15) is 12.8 Å². The van der Waals surface area contributed by atoms with Crippen molar-refractivity contribution in [2.75, 3.05) is 13.3 Å². The summed E-state index contributed by atoms with van der Waals surface area (Å²) >= 11 is 0. The monoisotopic (exact) mass is 258 g/mol. The molecule has 1 aromatic rings. The number of benzene rings is 1. The Balaban J connectivity index is 1.97. The van der Waals surface area contributed by atoms with Crippen molar-refractivity contribution >= 4 is 10.1 Å². The van der Waals surface area contributed by atoms with E-state index in [2.05, 4.69) is 0 Å². The second-order valence-corrected chi connectivity index (χ2v) is 6.08. The van der Waals surface area contributed by atoms with Crippen molar-refractivity contribution in [1.82, 2.24) is 0 Å². The highest BCUT2D eigenvalue weighted by molar-refractivity contribution is 7.86. The molecule has 17 heavy (non-hydrogen) atoms. The molecule has 0 heterocycles. The molecule has 2 rings (SSSR count). The minimum Gasteiger partial charge on any atom is -0.266 e. The highest BCUT2D eigenvalue weighted by Gasteiger charge is 2.38. The Morgan fingerprint density at radius 1 is 1.29 bits per heavy atom. The normalized spacial score (nSPS) is 23.6. The van der Waals surface area contributed by atoms with Gasteiger partial charge in [0, 0.05) is 0 Å². The molecule has 1 aliphatic carbocycles. The number of halogens is 1. The van der Waals surface area contributed by atoms with Gasteiger partial charge in [-0.25, -0.2) is 0 Å². The third kappa shape index (κ3) is 3.04. The fraction of sp³-hybridized carbons (Fsp3) is 0.500. The quantitative estimate of drug-likeness (QED) is 0.761. The first-order valence-corrected chi connectivity index (χ1v) is 6.96. The SMILES string of the molecule is Cc1ccc(S(=O)(=O)OC[C@H]2C[C@@H]2CF)cc1. The molecule has 1 aromatic carbocycles. The van der Waals surface area contributed by atoms with E-state index >= 15 is 0 Å². The maximum Gasteiger partial charge on any atom is 0.296 e. The molecule has 0 unspecified atom stereocenters. The first kappa shape index (κ1) is 12.5. The molecule has 2 atom stereocenters. The van der Waals surface area contributed by atoms with Crippen molar-refractivity contribution in [3.63, 3.8) is 0 Å². The average Bonchev–Trinajstić information content (AvgIpc) is 3.06. The molecule has 5 heteroatoms. The molecule has 3 nitrogen and oxygen atoms in total. The summed E-state index contributed by atoms with van der Waals surface area (Å²) in [6.07, 6.45) is 0.722. The van der Waals surface area contributed by atoms with Crippen molar-refractivity contribution in [1.29, 1.82) is 0 Å².